The molecular formula is C20H17NO4S2. The van der Waals surface area contributed by atoms with E-state index >= 15 is 0 Å². The Hall–Kier alpha value is -2.64. The van der Waals surface area contributed by atoms with Gasteiger partial charge in [0, 0.05) is 0 Å². The number of aromatic carboxylic acids is 1. The van der Waals surface area contributed by atoms with E-state index in [9.17, 15) is 14.7 Å². The molecule has 0 spiro atoms. The van der Waals surface area contributed by atoms with Crippen LogP contribution < -0.4 is 4.90 Å². The number of carboxylic acids is 1. The van der Waals surface area contributed by atoms with Crippen LogP contribution in [-0.2, 0) is 4.79 Å². The fourth-order valence-electron chi connectivity index (χ4n) is 2.65. The number of anilines is 1. The second-order valence-electron chi connectivity index (χ2n) is 6.35. The molecule has 27 heavy (non-hydrogen) atoms. The van der Waals surface area contributed by atoms with E-state index in [0.717, 1.165) is 17.3 Å². The molecule has 0 radical (unpaired) electrons. The molecule has 1 fully saturated rings. The summed E-state index contributed by atoms with van der Waals surface area (Å²) in [7, 11) is 0. The van der Waals surface area contributed by atoms with E-state index in [1.807, 2.05) is 24.3 Å². The lowest BCUT2D eigenvalue weighted by Gasteiger charge is -2.15. The van der Waals surface area contributed by atoms with Gasteiger partial charge >= 0.3 is 5.97 Å². The molecule has 7 heteroatoms. The van der Waals surface area contributed by atoms with E-state index in [2.05, 4.69) is 13.8 Å². The summed E-state index contributed by atoms with van der Waals surface area (Å²) < 4.78 is 0.312. The van der Waals surface area contributed by atoms with Crippen molar-refractivity contribution in [2.45, 2.75) is 19.8 Å². The molecule has 0 bridgehead atoms. The molecule has 2 aromatic rings. The second kappa shape index (κ2) is 7.54. The molecule has 1 aliphatic heterocycles. The lowest BCUT2D eigenvalue weighted by atomic mass is 10.0. The number of carboxylic acid groups (broad SMARTS) is 1. The number of benzene rings is 2. The van der Waals surface area contributed by atoms with E-state index in [0.29, 0.717) is 20.8 Å². The van der Waals surface area contributed by atoms with Crippen molar-refractivity contribution in [3.8, 4) is 5.75 Å². The summed E-state index contributed by atoms with van der Waals surface area (Å²) in [6.45, 7) is 4.23. The van der Waals surface area contributed by atoms with Gasteiger partial charge in [-0.2, -0.15) is 0 Å². The van der Waals surface area contributed by atoms with Gasteiger partial charge < -0.3 is 10.2 Å². The zero-order chi connectivity index (χ0) is 19.7. The summed E-state index contributed by atoms with van der Waals surface area (Å²) in [4.78, 5) is 25.8. The van der Waals surface area contributed by atoms with Gasteiger partial charge in [0.25, 0.3) is 5.91 Å². The summed E-state index contributed by atoms with van der Waals surface area (Å²) in [5.74, 6) is -1.53. The average Bonchev–Trinajstić information content (AvgIpc) is 2.89. The highest BCUT2D eigenvalue weighted by molar-refractivity contribution is 8.27. The molecule has 0 saturated carbocycles. The Morgan fingerprint density at radius 1 is 1.19 bits per heavy atom. The number of hydrogen-bond donors (Lipinski definition) is 2. The van der Waals surface area contributed by atoms with E-state index in [4.69, 9.17) is 17.3 Å². The van der Waals surface area contributed by atoms with Gasteiger partial charge in [0.2, 0.25) is 0 Å². The number of thioether (sulfide) groups is 1. The monoisotopic (exact) mass is 399 g/mol. The molecule has 5 nitrogen and oxygen atoms in total. The molecule has 1 heterocycles. The first kappa shape index (κ1) is 19.1. The number of hydrogen-bond acceptors (Lipinski definition) is 5. The third-order valence-electron chi connectivity index (χ3n) is 4.16. The van der Waals surface area contributed by atoms with Crippen molar-refractivity contribution in [1.82, 2.24) is 0 Å². The Kier molecular flexibility index (Phi) is 5.34. The van der Waals surface area contributed by atoms with Gasteiger partial charge in [-0.25, -0.2) is 4.79 Å². The van der Waals surface area contributed by atoms with Crippen LogP contribution in [0.15, 0.2) is 47.4 Å². The van der Waals surface area contributed by atoms with Gasteiger partial charge in [-0.3, -0.25) is 9.69 Å². The predicted octanol–water partition coefficient (Wildman–Crippen LogP) is 4.62. The van der Waals surface area contributed by atoms with Crippen molar-refractivity contribution in [2.24, 2.45) is 0 Å². The third kappa shape index (κ3) is 3.89. The maximum Gasteiger partial charge on any atom is 0.339 e. The molecule has 0 aliphatic carbocycles. The molecule has 138 valence electrons. The van der Waals surface area contributed by atoms with Crippen molar-refractivity contribution in [2.75, 3.05) is 4.90 Å². The SMILES string of the molecule is CC(C)c1ccc(/C=C2\SC(=S)N(c3ccc(O)c(C(=O)O)c3)C2=O)cc1. The van der Waals surface area contributed by atoms with Crippen LogP contribution in [0.25, 0.3) is 6.08 Å². The number of carbonyl (C=O) groups is 2. The summed E-state index contributed by atoms with van der Waals surface area (Å²) >= 11 is 6.47. The normalized spacial score (nSPS) is 15.8. The van der Waals surface area contributed by atoms with E-state index in [-0.39, 0.29) is 17.2 Å². The molecule has 1 amide bonds. The molecule has 1 aliphatic rings. The maximum atomic E-state index is 12.8. The number of rotatable bonds is 4. The number of nitrogens with zero attached hydrogens (tertiary/aromatic N) is 1. The Bertz CT molecular complexity index is 964. The Labute approximate surface area is 166 Å². The predicted molar refractivity (Wildman–Crippen MR) is 111 cm³/mol. The highest BCUT2D eigenvalue weighted by Gasteiger charge is 2.33. The van der Waals surface area contributed by atoms with Crippen LogP contribution in [0.5, 0.6) is 5.75 Å². The summed E-state index contributed by atoms with van der Waals surface area (Å²) in [5.41, 5.74) is 2.13. The number of carbonyl (C=O) groups excluding carboxylic acids is 1. The lowest BCUT2D eigenvalue weighted by molar-refractivity contribution is -0.113. The Morgan fingerprint density at radius 3 is 2.44 bits per heavy atom. The highest BCUT2D eigenvalue weighted by Crippen LogP contribution is 2.37. The van der Waals surface area contributed by atoms with Crippen LogP contribution in [-0.4, -0.2) is 26.4 Å². The van der Waals surface area contributed by atoms with Gasteiger partial charge in [-0.15, -0.1) is 0 Å². The van der Waals surface area contributed by atoms with Crippen LogP contribution >= 0.6 is 24.0 Å². The minimum Gasteiger partial charge on any atom is -0.507 e. The Balaban J connectivity index is 1.91. The first-order valence-electron chi connectivity index (χ1n) is 8.22. The van der Waals surface area contributed by atoms with Crippen LogP contribution in [0, 0.1) is 0 Å². The van der Waals surface area contributed by atoms with Crippen LogP contribution in [0.1, 0.15) is 41.3 Å². The first-order chi connectivity index (χ1) is 12.8. The minimum absolute atomic E-state index is 0.283. The molecule has 1 saturated heterocycles. The fraction of sp³-hybridized carbons (Fsp3) is 0.150. The summed E-state index contributed by atoms with van der Waals surface area (Å²) in [5, 5.41) is 18.8. The number of thiocarbonyl (C=S) groups is 1. The van der Waals surface area contributed by atoms with Crippen molar-refractivity contribution < 1.29 is 19.8 Å². The van der Waals surface area contributed by atoms with Crippen molar-refractivity contribution >= 4 is 51.9 Å². The van der Waals surface area contributed by atoms with Crippen LogP contribution in [0.2, 0.25) is 0 Å². The quantitative estimate of drug-likeness (QED) is 0.577. The molecule has 0 unspecified atom stereocenters. The Morgan fingerprint density at radius 2 is 1.85 bits per heavy atom. The molecule has 0 aromatic heterocycles. The van der Waals surface area contributed by atoms with Crippen LogP contribution in [0.3, 0.4) is 0 Å². The largest absolute Gasteiger partial charge is 0.507 e. The fourth-order valence-corrected chi connectivity index (χ4v) is 3.95. The van der Waals surface area contributed by atoms with E-state index in [1.54, 1.807) is 6.08 Å². The van der Waals surface area contributed by atoms with E-state index in [1.165, 1.54) is 28.7 Å². The summed E-state index contributed by atoms with van der Waals surface area (Å²) in [6, 6.07) is 11.9. The number of aromatic hydroxyl groups is 1. The lowest BCUT2D eigenvalue weighted by Crippen LogP contribution is -2.27. The molecular weight excluding hydrogens is 382 g/mol. The van der Waals surface area contributed by atoms with Gasteiger partial charge in [0.05, 0.1) is 10.6 Å². The molecule has 2 N–H and O–H groups in total. The van der Waals surface area contributed by atoms with Crippen molar-refractivity contribution in [3.63, 3.8) is 0 Å². The number of phenols is 1. The molecule has 0 atom stereocenters. The highest BCUT2D eigenvalue weighted by atomic mass is 32.2. The minimum atomic E-state index is -1.28. The van der Waals surface area contributed by atoms with Gasteiger partial charge in [-0.1, -0.05) is 62.1 Å². The second-order valence-corrected chi connectivity index (χ2v) is 8.02. The average molecular weight is 399 g/mol. The van der Waals surface area contributed by atoms with Crippen molar-refractivity contribution in [1.29, 1.82) is 0 Å². The standard InChI is InChI=1S/C20H17NO4S2/c1-11(2)13-5-3-12(4-6-13)9-17-18(23)21(20(26)27-17)14-7-8-16(22)15(10-14)19(24)25/h3-11,22H,1-2H3,(H,24,25)/b17-9-. The first-order valence-corrected chi connectivity index (χ1v) is 9.44. The topological polar surface area (TPSA) is 77.8 Å². The van der Waals surface area contributed by atoms with Gasteiger partial charge in [0.1, 0.15) is 11.3 Å². The van der Waals surface area contributed by atoms with Crippen molar-refractivity contribution in [3.05, 3.63) is 64.1 Å². The third-order valence-corrected chi connectivity index (χ3v) is 5.47. The van der Waals surface area contributed by atoms with Gasteiger partial charge in [0.15, 0.2) is 4.32 Å². The maximum absolute atomic E-state index is 12.8. The smallest absolute Gasteiger partial charge is 0.339 e. The zero-order valence-electron chi connectivity index (χ0n) is 14.7. The zero-order valence-corrected chi connectivity index (χ0v) is 16.3. The molecule has 2 aromatic carbocycles. The molecule has 3 rings (SSSR count). The number of amides is 1. The van der Waals surface area contributed by atoms with Crippen LogP contribution in [0.4, 0.5) is 5.69 Å². The van der Waals surface area contributed by atoms with E-state index < -0.39 is 5.97 Å². The summed E-state index contributed by atoms with van der Waals surface area (Å²) in [6.07, 6.45) is 1.77. The van der Waals surface area contributed by atoms with Gasteiger partial charge in [-0.05, 0) is 41.3 Å².